The van der Waals surface area contributed by atoms with E-state index in [-0.39, 0.29) is 24.6 Å². The first-order valence-electron chi connectivity index (χ1n) is 6.25. The van der Waals surface area contributed by atoms with Gasteiger partial charge in [0.25, 0.3) is 0 Å². The third-order valence-corrected chi connectivity index (χ3v) is 3.82. The van der Waals surface area contributed by atoms with Crippen LogP contribution in [0.4, 0.5) is 10.1 Å². The number of aryl methyl sites for hydroxylation is 1. The van der Waals surface area contributed by atoms with Crippen LogP contribution in [0, 0.1) is 5.82 Å². The minimum atomic E-state index is -3.16. The Morgan fingerprint density at radius 1 is 1.43 bits per heavy atom. The molecule has 3 N–H and O–H groups in total. The zero-order chi connectivity index (χ0) is 15.3. The Morgan fingerprint density at radius 2 is 2.05 bits per heavy atom. The summed E-state index contributed by atoms with van der Waals surface area (Å²) in [6, 6.07) is 3.45. The molecule has 120 valence electrons. The van der Waals surface area contributed by atoms with Crippen LogP contribution in [0.15, 0.2) is 18.2 Å². The fraction of sp³-hybridized carbons (Fsp3) is 0.462. The average Bonchev–Trinajstić information content (AvgIpc) is 2.35. The lowest BCUT2D eigenvalue weighted by Gasteiger charge is -2.12. The van der Waals surface area contributed by atoms with Crippen molar-refractivity contribution in [3.63, 3.8) is 0 Å². The second-order valence-corrected chi connectivity index (χ2v) is 6.93. The van der Waals surface area contributed by atoms with Gasteiger partial charge < -0.3 is 11.1 Å². The molecule has 5 nitrogen and oxygen atoms in total. The highest BCUT2D eigenvalue weighted by molar-refractivity contribution is 7.90. The van der Waals surface area contributed by atoms with Gasteiger partial charge in [0.2, 0.25) is 5.91 Å². The van der Waals surface area contributed by atoms with Crippen molar-refractivity contribution in [2.24, 2.45) is 5.73 Å². The van der Waals surface area contributed by atoms with Crippen molar-refractivity contribution < 1.29 is 17.6 Å². The van der Waals surface area contributed by atoms with E-state index in [2.05, 4.69) is 5.32 Å². The summed E-state index contributed by atoms with van der Waals surface area (Å²) in [4.78, 5) is 11.7. The third kappa shape index (κ3) is 6.88. The molecular formula is C13H20ClFN2O3S. The number of carbonyl (C=O) groups is 1. The molecule has 0 aliphatic heterocycles. The molecule has 1 unspecified atom stereocenters. The summed E-state index contributed by atoms with van der Waals surface area (Å²) >= 11 is 0. The smallest absolute Gasteiger partial charge is 0.241 e. The molecule has 0 aliphatic carbocycles. The maximum atomic E-state index is 13.5. The number of rotatable bonds is 6. The van der Waals surface area contributed by atoms with Gasteiger partial charge in [-0.05, 0) is 30.5 Å². The molecule has 8 heteroatoms. The summed E-state index contributed by atoms with van der Waals surface area (Å²) in [5.41, 5.74) is 6.46. The van der Waals surface area contributed by atoms with Gasteiger partial charge >= 0.3 is 0 Å². The fourth-order valence-corrected chi connectivity index (χ4v) is 2.30. The number of hydrogen-bond acceptors (Lipinski definition) is 4. The summed E-state index contributed by atoms with van der Waals surface area (Å²) in [6.07, 6.45) is 1.67. The van der Waals surface area contributed by atoms with Crippen LogP contribution in [0.5, 0.6) is 0 Å². The fourth-order valence-electron chi connectivity index (χ4n) is 1.62. The molecule has 21 heavy (non-hydrogen) atoms. The molecule has 0 fully saturated rings. The highest BCUT2D eigenvalue weighted by Crippen LogP contribution is 2.15. The summed E-state index contributed by atoms with van der Waals surface area (Å²) in [5, 5.41) is 2.47. The Morgan fingerprint density at radius 3 is 2.52 bits per heavy atom. The minimum absolute atomic E-state index is 0. The first-order chi connectivity index (χ1) is 9.23. The monoisotopic (exact) mass is 338 g/mol. The van der Waals surface area contributed by atoms with Gasteiger partial charge in [-0.15, -0.1) is 12.4 Å². The Kier molecular flexibility index (Phi) is 7.84. The number of sulfone groups is 1. The molecule has 0 radical (unpaired) electrons. The van der Waals surface area contributed by atoms with Gasteiger partial charge in [0.05, 0.1) is 11.8 Å². The molecule has 0 spiro atoms. The zero-order valence-electron chi connectivity index (χ0n) is 11.9. The molecule has 1 rings (SSSR count). The Hall–Kier alpha value is -1.18. The van der Waals surface area contributed by atoms with Crippen molar-refractivity contribution >= 4 is 33.8 Å². The summed E-state index contributed by atoms with van der Waals surface area (Å²) in [6.45, 7) is 1.83. The Labute approximate surface area is 130 Å². The van der Waals surface area contributed by atoms with E-state index in [0.717, 1.165) is 6.26 Å². The van der Waals surface area contributed by atoms with E-state index in [0.29, 0.717) is 17.7 Å². The lowest BCUT2D eigenvalue weighted by molar-refractivity contribution is -0.117. The van der Waals surface area contributed by atoms with Crippen molar-refractivity contribution in [1.82, 2.24) is 0 Å². The van der Waals surface area contributed by atoms with Crippen LogP contribution in [0.25, 0.3) is 0 Å². The molecule has 1 amide bonds. The third-order valence-electron chi connectivity index (χ3n) is 2.84. The number of carbonyl (C=O) groups excluding carboxylic acids is 1. The number of nitrogens with one attached hydrogen (secondary N) is 1. The van der Waals surface area contributed by atoms with Crippen molar-refractivity contribution in [1.29, 1.82) is 0 Å². The highest BCUT2D eigenvalue weighted by Gasteiger charge is 2.16. The number of nitrogens with two attached hydrogens (primary N) is 1. The Bertz CT molecular complexity index is 593. The van der Waals surface area contributed by atoms with Crippen LogP contribution in [0.2, 0.25) is 0 Å². The quantitative estimate of drug-likeness (QED) is 0.822. The summed E-state index contributed by atoms with van der Waals surface area (Å²) in [5.74, 6) is -1.09. The molecule has 1 aromatic carbocycles. The van der Waals surface area contributed by atoms with Gasteiger partial charge in [0.15, 0.2) is 0 Å². The van der Waals surface area contributed by atoms with Crippen LogP contribution in [0.3, 0.4) is 0 Å². The predicted molar refractivity (Wildman–Crippen MR) is 84.0 cm³/mol. The molecule has 0 saturated heterocycles. The number of benzene rings is 1. The van der Waals surface area contributed by atoms with E-state index in [1.165, 1.54) is 6.07 Å². The van der Waals surface area contributed by atoms with Gasteiger partial charge in [-0.1, -0.05) is 13.0 Å². The molecule has 1 aromatic rings. The topological polar surface area (TPSA) is 89.3 Å². The van der Waals surface area contributed by atoms with Crippen LogP contribution in [0.1, 0.15) is 18.9 Å². The number of anilines is 1. The van der Waals surface area contributed by atoms with E-state index in [4.69, 9.17) is 5.73 Å². The predicted octanol–water partition coefficient (Wildman–Crippen LogP) is 1.51. The standard InChI is InChI=1S/C13H19FN2O3S.ClH/c1-3-9-4-5-10(8-11(9)14)16-13(17)12(15)6-7-20(2,18)19;/h4-5,8,12H,3,6-7,15H2,1-2H3,(H,16,17);1H. The van der Waals surface area contributed by atoms with Crippen molar-refractivity contribution in [2.45, 2.75) is 25.8 Å². The second kappa shape index (κ2) is 8.31. The van der Waals surface area contributed by atoms with Crippen LogP contribution in [-0.4, -0.2) is 32.4 Å². The number of amides is 1. The van der Waals surface area contributed by atoms with E-state index < -0.39 is 27.6 Å². The lowest BCUT2D eigenvalue weighted by Crippen LogP contribution is -2.37. The average molecular weight is 339 g/mol. The molecule has 0 aromatic heterocycles. The maximum Gasteiger partial charge on any atom is 0.241 e. The van der Waals surface area contributed by atoms with Crippen LogP contribution < -0.4 is 11.1 Å². The SMILES string of the molecule is CCc1ccc(NC(=O)C(N)CCS(C)(=O)=O)cc1F.Cl. The first kappa shape index (κ1) is 19.8. The van der Waals surface area contributed by atoms with E-state index in [9.17, 15) is 17.6 Å². The molecule has 0 bridgehead atoms. The lowest BCUT2D eigenvalue weighted by atomic mass is 10.1. The summed E-state index contributed by atoms with van der Waals surface area (Å²) in [7, 11) is -3.16. The van der Waals surface area contributed by atoms with Crippen molar-refractivity contribution in [3.8, 4) is 0 Å². The molecule has 0 aliphatic rings. The van der Waals surface area contributed by atoms with E-state index in [1.807, 2.05) is 6.92 Å². The highest BCUT2D eigenvalue weighted by atomic mass is 35.5. The van der Waals surface area contributed by atoms with E-state index >= 15 is 0 Å². The van der Waals surface area contributed by atoms with Crippen LogP contribution >= 0.6 is 12.4 Å². The second-order valence-electron chi connectivity index (χ2n) is 4.67. The van der Waals surface area contributed by atoms with E-state index in [1.54, 1.807) is 12.1 Å². The number of hydrogen-bond donors (Lipinski definition) is 2. The number of halogens is 2. The van der Waals surface area contributed by atoms with Crippen molar-refractivity contribution in [2.75, 3.05) is 17.3 Å². The maximum absolute atomic E-state index is 13.5. The normalized spacial score (nSPS) is 12.4. The molecule has 0 saturated carbocycles. The molecule has 1 atom stereocenters. The first-order valence-corrected chi connectivity index (χ1v) is 8.31. The van der Waals surface area contributed by atoms with Gasteiger partial charge in [0, 0.05) is 11.9 Å². The minimum Gasteiger partial charge on any atom is -0.325 e. The van der Waals surface area contributed by atoms with Gasteiger partial charge in [0.1, 0.15) is 15.7 Å². The van der Waals surface area contributed by atoms with Crippen molar-refractivity contribution in [3.05, 3.63) is 29.6 Å². The zero-order valence-corrected chi connectivity index (χ0v) is 13.6. The van der Waals surface area contributed by atoms with Gasteiger partial charge in [-0.2, -0.15) is 0 Å². The van der Waals surface area contributed by atoms with Gasteiger partial charge in [-0.3, -0.25) is 4.79 Å². The van der Waals surface area contributed by atoms with Crippen LogP contribution in [-0.2, 0) is 21.1 Å². The Balaban J connectivity index is 0.00000400. The molecule has 0 heterocycles. The van der Waals surface area contributed by atoms with Gasteiger partial charge in [-0.25, -0.2) is 12.8 Å². The molecular weight excluding hydrogens is 319 g/mol. The largest absolute Gasteiger partial charge is 0.325 e. The summed E-state index contributed by atoms with van der Waals surface area (Å²) < 4.78 is 35.5.